The maximum absolute atomic E-state index is 5.81. The Morgan fingerprint density at radius 3 is 2.83 bits per heavy atom. The van der Waals surface area contributed by atoms with Gasteiger partial charge in [-0.15, -0.1) is 0 Å². The molecule has 2 heterocycles. The number of H-pyrrole nitrogens is 1. The minimum Gasteiger partial charge on any atom is -0.459 e. The molecule has 0 aliphatic rings. The maximum Gasteiger partial charge on any atom is 0.318 e. The first-order valence-corrected chi connectivity index (χ1v) is 5.86. The highest BCUT2D eigenvalue weighted by atomic mass is 35.5. The van der Waals surface area contributed by atoms with Gasteiger partial charge in [0.1, 0.15) is 12.3 Å². The van der Waals surface area contributed by atoms with E-state index in [1.54, 1.807) is 6.20 Å². The van der Waals surface area contributed by atoms with Crippen LogP contribution in [0.15, 0.2) is 42.7 Å². The monoisotopic (exact) mass is 259 g/mol. The van der Waals surface area contributed by atoms with Crippen LogP contribution >= 0.6 is 11.6 Å². The molecular weight excluding hydrogens is 250 g/mol. The van der Waals surface area contributed by atoms with Crippen molar-refractivity contribution in [2.75, 3.05) is 0 Å². The number of benzene rings is 1. The summed E-state index contributed by atoms with van der Waals surface area (Å²) in [4.78, 5) is 11.4. The molecule has 1 N–H and O–H groups in total. The van der Waals surface area contributed by atoms with Gasteiger partial charge in [-0.3, -0.25) is 0 Å². The molecule has 90 valence electrons. The van der Waals surface area contributed by atoms with E-state index >= 15 is 0 Å². The molecule has 3 rings (SSSR count). The van der Waals surface area contributed by atoms with Gasteiger partial charge in [0.25, 0.3) is 0 Å². The Balaban J connectivity index is 1.74. The lowest BCUT2D eigenvalue weighted by Gasteiger charge is -2.04. The molecule has 0 aliphatic carbocycles. The second kappa shape index (κ2) is 4.66. The summed E-state index contributed by atoms with van der Waals surface area (Å²) in [5.74, 6) is 0. The maximum atomic E-state index is 5.81. The zero-order chi connectivity index (χ0) is 12.4. The second-order valence-corrected chi connectivity index (χ2v) is 4.29. The SMILES string of the molecule is Clc1ccc(COc2ncc3cc[nH]c3n2)cc1. The van der Waals surface area contributed by atoms with E-state index in [1.807, 2.05) is 36.5 Å². The molecule has 0 fully saturated rings. The summed E-state index contributed by atoms with van der Waals surface area (Å²) in [6.07, 6.45) is 3.55. The third-order valence-corrected chi connectivity index (χ3v) is 2.81. The van der Waals surface area contributed by atoms with Crippen LogP contribution < -0.4 is 4.74 Å². The average molecular weight is 260 g/mol. The Labute approximate surface area is 109 Å². The van der Waals surface area contributed by atoms with Gasteiger partial charge in [-0.2, -0.15) is 4.98 Å². The van der Waals surface area contributed by atoms with Crippen LogP contribution in [0.1, 0.15) is 5.56 Å². The Morgan fingerprint density at radius 1 is 1.17 bits per heavy atom. The topological polar surface area (TPSA) is 50.8 Å². The summed E-state index contributed by atoms with van der Waals surface area (Å²) < 4.78 is 5.52. The molecule has 0 saturated heterocycles. The van der Waals surface area contributed by atoms with Gasteiger partial charge in [0.05, 0.1) is 0 Å². The predicted molar refractivity (Wildman–Crippen MR) is 69.7 cm³/mol. The van der Waals surface area contributed by atoms with Crippen molar-refractivity contribution >= 4 is 22.6 Å². The third-order valence-electron chi connectivity index (χ3n) is 2.56. The van der Waals surface area contributed by atoms with E-state index in [4.69, 9.17) is 16.3 Å². The number of nitrogens with one attached hydrogen (secondary N) is 1. The number of rotatable bonds is 3. The third kappa shape index (κ3) is 2.28. The first-order chi connectivity index (χ1) is 8.81. The number of hydrogen-bond acceptors (Lipinski definition) is 3. The van der Waals surface area contributed by atoms with E-state index < -0.39 is 0 Å². The van der Waals surface area contributed by atoms with Gasteiger partial charge in [-0.05, 0) is 23.8 Å². The fourth-order valence-electron chi connectivity index (χ4n) is 1.62. The summed E-state index contributed by atoms with van der Waals surface area (Å²) in [5.41, 5.74) is 1.80. The minimum atomic E-state index is 0.361. The highest BCUT2D eigenvalue weighted by Gasteiger charge is 2.02. The number of fused-ring (bicyclic) bond motifs is 1. The lowest BCUT2D eigenvalue weighted by molar-refractivity contribution is 0.282. The van der Waals surface area contributed by atoms with Gasteiger partial charge in [0, 0.05) is 22.8 Å². The molecule has 4 nitrogen and oxygen atoms in total. The van der Waals surface area contributed by atoms with Crippen LogP contribution in [0.4, 0.5) is 0 Å². The Hall–Kier alpha value is -2.07. The molecule has 1 aromatic carbocycles. The number of nitrogens with zero attached hydrogens (tertiary/aromatic N) is 2. The Kier molecular flexibility index (Phi) is 2.86. The first kappa shape index (κ1) is 11.0. The Bertz CT molecular complexity index is 663. The van der Waals surface area contributed by atoms with Crippen molar-refractivity contribution in [3.05, 3.63) is 53.3 Å². The van der Waals surface area contributed by atoms with Crippen LogP contribution in [0.3, 0.4) is 0 Å². The molecule has 0 atom stereocenters. The molecule has 0 amide bonds. The normalized spacial score (nSPS) is 10.7. The van der Waals surface area contributed by atoms with Crippen LogP contribution in [0.5, 0.6) is 6.01 Å². The lowest BCUT2D eigenvalue weighted by Crippen LogP contribution is -1.99. The largest absolute Gasteiger partial charge is 0.459 e. The van der Waals surface area contributed by atoms with Gasteiger partial charge in [0.2, 0.25) is 0 Å². The van der Waals surface area contributed by atoms with Crippen LogP contribution in [0, 0.1) is 0 Å². The van der Waals surface area contributed by atoms with Gasteiger partial charge in [-0.1, -0.05) is 23.7 Å². The van der Waals surface area contributed by atoms with Crippen LogP contribution in [0.25, 0.3) is 11.0 Å². The van der Waals surface area contributed by atoms with Crippen molar-refractivity contribution in [1.29, 1.82) is 0 Å². The zero-order valence-electron chi connectivity index (χ0n) is 9.43. The summed E-state index contributed by atoms with van der Waals surface area (Å²) in [5, 5.41) is 1.68. The quantitative estimate of drug-likeness (QED) is 0.786. The van der Waals surface area contributed by atoms with Crippen LogP contribution in [-0.4, -0.2) is 15.0 Å². The summed E-state index contributed by atoms with van der Waals surface area (Å²) >= 11 is 5.81. The fraction of sp³-hybridized carbons (Fsp3) is 0.0769. The van der Waals surface area contributed by atoms with Gasteiger partial charge in [0.15, 0.2) is 0 Å². The molecule has 0 radical (unpaired) electrons. The summed E-state index contributed by atoms with van der Waals surface area (Å²) in [6.45, 7) is 0.420. The van der Waals surface area contributed by atoms with E-state index in [0.717, 1.165) is 16.6 Å². The van der Waals surface area contributed by atoms with Crippen LogP contribution in [0.2, 0.25) is 5.02 Å². The van der Waals surface area contributed by atoms with Crippen LogP contribution in [-0.2, 0) is 6.61 Å². The average Bonchev–Trinajstić information content (AvgIpc) is 2.85. The molecule has 5 heteroatoms. The highest BCUT2D eigenvalue weighted by Crippen LogP contribution is 2.14. The van der Waals surface area contributed by atoms with E-state index in [9.17, 15) is 0 Å². The van der Waals surface area contributed by atoms with Crippen molar-refractivity contribution in [2.24, 2.45) is 0 Å². The molecule has 0 spiro atoms. The number of hydrogen-bond donors (Lipinski definition) is 1. The molecule has 2 aromatic heterocycles. The molecule has 0 unspecified atom stereocenters. The number of ether oxygens (including phenoxy) is 1. The number of aromatic nitrogens is 3. The molecule has 0 saturated carbocycles. The van der Waals surface area contributed by atoms with E-state index in [-0.39, 0.29) is 0 Å². The zero-order valence-corrected chi connectivity index (χ0v) is 10.2. The fourth-order valence-corrected chi connectivity index (χ4v) is 1.75. The van der Waals surface area contributed by atoms with E-state index in [2.05, 4.69) is 15.0 Å². The van der Waals surface area contributed by atoms with Crippen molar-refractivity contribution < 1.29 is 4.74 Å². The molecule has 0 bridgehead atoms. The second-order valence-electron chi connectivity index (χ2n) is 3.85. The minimum absolute atomic E-state index is 0.361. The molecule has 18 heavy (non-hydrogen) atoms. The van der Waals surface area contributed by atoms with Crippen molar-refractivity contribution in [1.82, 2.24) is 15.0 Å². The predicted octanol–water partition coefficient (Wildman–Crippen LogP) is 3.19. The van der Waals surface area contributed by atoms with Gasteiger partial charge in [-0.25, -0.2) is 4.98 Å². The molecule has 3 aromatic rings. The van der Waals surface area contributed by atoms with Gasteiger partial charge < -0.3 is 9.72 Å². The summed E-state index contributed by atoms with van der Waals surface area (Å²) in [7, 11) is 0. The number of halogens is 1. The molecular formula is C13H10ClN3O. The van der Waals surface area contributed by atoms with Crippen molar-refractivity contribution in [3.63, 3.8) is 0 Å². The smallest absolute Gasteiger partial charge is 0.318 e. The van der Waals surface area contributed by atoms with E-state index in [0.29, 0.717) is 17.6 Å². The molecule has 0 aliphatic heterocycles. The first-order valence-electron chi connectivity index (χ1n) is 5.49. The number of aromatic amines is 1. The highest BCUT2D eigenvalue weighted by molar-refractivity contribution is 6.30. The summed E-state index contributed by atoms with van der Waals surface area (Å²) in [6, 6.07) is 9.76. The standard InChI is InChI=1S/C13H10ClN3O/c14-11-3-1-9(2-4-11)8-18-13-16-7-10-5-6-15-12(10)17-13/h1-7H,8H2,(H,15,16,17). The van der Waals surface area contributed by atoms with Crippen molar-refractivity contribution in [3.8, 4) is 6.01 Å². The van der Waals surface area contributed by atoms with Crippen molar-refractivity contribution in [2.45, 2.75) is 6.61 Å². The van der Waals surface area contributed by atoms with Gasteiger partial charge >= 0.3 is 6.01 Å². The van der Waals surface area contributed by atoms with E-state index in [1.165, 1.54) is 0 Å². The Morgan fingerprint density at radius 2 is 2.00 bits per heavy atom. The lowest BCUT2D eigenvalue weighted by atomic mass is 10.2.